The minimum Gasteiger partial charge on any atom is -0.481 e. The normalized spacial score (nSPS) is 11.4. The van der Waals surface area contributed by atoms with Gasteiger partial charge < -0.3 is 15.7 Å². The van der Waals surface area contributed by atoms with Crippen LogP contribution in [0.3, 0.4) is 0 Å². The molecule has 0 spiro atoms. The molecule has 0 heterocycles. The van der Waals surface area contributed by atoms with Crippen molar-refractivity contribution in [1.82, 2.24) is 0 Å². The zero-order chi connectivity index (χ0) is 18.4. The molecule has 2 aromatic carbocycles. The van der Waals surface area contributed by atoms with Gasteiger partial charge in [0.25, 0.3) is 0 Å². The number of nitrogens with one attached hydrogen (secondary N) is 2. The summed E-state index contributed by atoms with van der Waals surface area (Å²) in [5, 5.41) is 14.9. The van der Waals surface area contributed by atoms with Gasteiger partial charge in [-0.25, -0.2) is 0 Å². The lowest BCUT2D eigenvalue weighted by atomic mass is 9.95. The highest BCUT2D eigenvalue weighted by Crippen LogP contribution is 2.26. The van der Waals surface area contributed by atoms with Crippen LogP contribution in [0.1, 0.15) is 24.8 Å². The van der Waals surface area contributed by atoms with Gasteiger partial charge in [0.15, 0.2) is 0 Å². The second-order valence-electron chi connectivity index (χ2n) is 5.43. The summed E-state index contributed by atoms with van der Waals surface area (Å²) in [4.78, 5) is 34.8. The van der Waals surface area contributed by atoms with Crippen molar-refractivity contribution in [3.8, 4) is 0 Å². The van der Waals surface area contributed by atoms with Crippen molar-refractivity contribution in [1.29, 1.82) is 0 Å². The molecule has 0 bridgehead atoms. The number of anilines is 2. The van der Waals surface area contributed by atoms with Crippen molar-refractivity contribution < 1.29 is 19.5 Å². The summed E-state index contributed by atoms with van der Waals surface area (Å²) in [5.41, 5.74) is 1.33. The van der Waals surface area contributed by atoms with Gasteiger partial charge in [0, 0.05) is 19.0 Å². The number of benzene rings is 2. The molecule has 1 unspecified atom stereocenters. The second kappa shape index (κ2) is 8.30. The van der Waals surface area contributed by atoms with Gasteiger partial charge in [-0.1, -0.05) is 41.9 Å². The fourth-order valence-electron chi connectivity index (χ4n) is 2.32. The van der Waals surface area contributed by atoms with Crippen LogP contribution in [-0.2, 0) is 14.4 Å². The Morgan fingerprint density at radius 1 is 1.08 bits per heavy atom. The van der Waals surface area contributed by atoms with Crippen LogP contribution in [0.2, 0.25) is 5.02 Å². The summed E-state index contributed by atoms with van der Waals surface area (Å²) in [6.07, 6.45) is -0.211. The van der Waals surface area contributed by atoms with E-state index in [-0.39, 0.29) is 12.3 Å². The van der Waals surface area contributed by atoms with E-state index in [2.05, 4.69) is 10.6 Å². The summed E-state index contributed by atoms with van der Waals surface area (Å²) in [7, 11) is 0. The lowest BCUT2D eigenvalue weighted by Gasteiger charge is -2.14. The molecule has 1 atom stereocenters. The molecule has 7 heteroatoms. The number of hydrogen-bond donors (Lipinski definition) is 3. The topological polar surface area (TPSA) is 95.5 Å². The van der Waals surface area contributed by atoms with Crippen molar-refractivity contribution >= 4 is 40.8 Å². The highest BCUT2D eigenvalue weighted by Gasteiger charge is 2.23. The number of rotatable bonds is 6. The van der Waals surface area contributed by atoms with E-state index in [1.807, 2.05) is 0 Å². The number of halogens is 1. The summed E-state index contributed by atoms with van der Waals surface area (Å²) < 4.78 is 0. The Hall–Kier alpha value is -2.86. The maximum atomic E-state index is 12.2. The molecule has 0 aliphatic rings. The Kier molecular flexibility index (Phi) is 6.14. The first kappa shape index (κ1) is 18.5. The Balaban J connectivity index is 2.11. The Morgan fingerprint density at radius 3 is 2.36 bits per heavy atom. The van der Waals surface area contributed by atoms with Gasteiger partial charge in [-0.05, 0) is 23.8 Å². The van der Waals surface area contributed by atoms with E-state index in [9.17, 15) is 19.5 Å². The van der Waals surface area contributed by atoms with Crippen LogP contribution in [0.4, 0.5) is 11.4 Å². The molecule has 2 amide bonds. The molecule has 2 aromatic rings. The fraction of sp³-hybridized carbons (Fsp3) is 0.167. The summed E-state index contributed by atoms with van der Waals surface area (Å²) >= 11 is 5.98. The van der Waals surface area contributed by atoms with Gasteiger partial charge >= 0.3 is 5.97 Å². The Morgan fingerprint density at radius 2 is 1.76 bits per heavy atom. The number of hydrogen-bond acceptors (Lipinski definition) is 3. The van der Waals surface area contributed by atoms with Crippen LogP contribution < -0.4 is 10.6 Å². The van der Waals surface area contributed by atoms with Crippen LogP contribution in [0.15, 0.2) is 48.5 Å². The minimum atomic E-state index is -1.07. The fourth-order valence-corrected chi connectivity index (χ4v) is 2.48. The molecule has 3 N–H and O–H groups in total. The van der Waals surface area contributed by atoms with E-state index >= 15 is 0 Å². The standard InChI is InChI=1S/C18H17ClN2O4/c1-11(22)20-16-9-13(7-8-15(16)19)21-17(23)10-14(18(24)25)12-5-3-2-4-6-12/h2-9,14H,10H2,1H3,(H,20,22)(H,21,23)(H,24,25). The van der Waals surface area contributed by atoms with Crippen LogP contribution >= 0.6 is 11.6 Å². The maximum Gasteiger partial charge on any atom is 0.311 e. The third-order valence-electron chi connectivity index (χ3n) is 3.45. The first-order valence-electron chi connectivity index (χ1n) is 7.51. The lowest BCUT2D eigenvalue weighted by molar-refractivity contribution is -0.140. The molecule has 0 aliphatic carbocycles. The first-order valence-corrected chi connectivity index (χ1v) is 7.89. The molecule has 0 fully saturated rings. The number of aliphatic carboxylic acids is 1. The average Bonchev–Trinajstić information content (AvgIpc) is 2.56. The largest absolute Gasteiger partial charge is 0.481 e. The number of carboxylic acids is 1. The van der Waals surface area contributed by atoms with Crippen molar-refractivity contribution in [2.24, 2.45) is 0 Å². The monoisotopic (exact) mass is 360 g/mol. The zero-order valence-electron chi connectivity index (χ0n) is 13.5. The van der Waals surface area contributed by atoms with Gasteiger partial charge in [0.2, 0.25) is 11.8 Å². The van der Waals surface area contributed by atoms with E-state index in [4.69, 9.17) is 11.6 Å². The first-order chi connectivity index (χ1) is 11.9. The van der Waals surface area contributed by atoms with Crippen LogP contribution in [-0.4, -0.2) is 22.9 Å². The molecular formula is C18H17ClN2O4. The minimum absolute atomic E-state index is 0.211. The Labute approximate surface area is 149 Å². The number of amides is 2. The third-order valence-corrected chi connectivity index (χ3v) is 3.78. The summed E-state index contributed by atoms with van der Waals surface area (Å²) in [5.74, 6) is -2.76. The molecule has 0 aliphatic heterocycles. The van der Waals surface area contributed by atoms with Gasteiger partial charge in [0.1, 0.15) is 0 Å². The van der Waals surface area contributed by atoms with E-state index < -0.39 is 17.8 Å². The van der Waals surface area contributed by atoms with Crippen LogP contribution in [0.5, 0.6) is 0 Å². The lowest BCUT2D eigenvalue weighted by Crippen LogP contribution is -2.21. The number of carboxylic acid groups (broad SMARTS) is 1. The molecular weight excluding hydrogens is 344 g/mol. The predicted molar refractivity (Wildman–Crippen MR) is 95.8 cm³/mol. The van der Waals surface area contributed by atoms with E-state index in [1.165, 1.54) is 19.1 Å². The van der Waals surface area contributed by atoms with Crippen molar-refractivity contribution in [3.05, 3.63) is 59.1 Å². The zero-order valence-corrected chi connectivity index (χ0v) is 14.2. The molecule has 0 radical (unpaired) electrons. The van der Waals surface area contributed by atoms with E-state index in [0.29, 0.717) is 22.0 Å². The van der Waals surface area contributed by atoms with Gasteiger partial charge in [-0.15, -0.1) is 0 Å². The molecule has 0 saturated heterocycles. The second-order valence-corrected chi connectivity index (χ2v) is 5.84. The quantitative estimate of drug-likeness (QED) is 0.734. The summed E-state index contributed by atoms with van der Waals surface area (Å²) in [6.45, 7) is 1.35. The average molecular weight is 361 g/mol. The Bertz CT molecular complexity index is 793. The van der Waals surface area contributed by atoms with Crippen molar-refractivity contribution in [2.75, 3.05) is 10.6 Å². The van der Waals surface area contributed by atoms with Crippen LogP contribution in [0.25, 0.3) is 0 Å². The number of carbonyl (C=O) groups excluding carboxylic acids is 2. The maximum absolute atomic E-state index is 12.2. The van der Waals surface area contributed by atoms with Gasteiger partial charge in [-0.2, -0.15) is 0 Å². The molecule has 6 nitrogen and oxygen atoms in total. The van der Waals surface area contributed by atoms with Crippen LogP contribution in [0, 0.1) is 0 Å². The predicted octanol–water partition coefficient (Wildman–Crippen LogP) is 3.50. The van der Waals surface area contributed by atoms with Crippen molar-refractivity contribution in [2.45, 2.75) is 19.3 Å². The molecule has 2 rings (SSSR count). The summed E-state index contributed by atoms with van der Waals surface area (Å²) in [6, 6.07) is 13.2. The smallest absolute Gasteiger partial charge is 0.311 e. The van der Waals surface area contributed by atoms with Crippen molar-refractivity contribution in [3.63, 3.8) is 0 Å². The molecule has 0 aromatic heterocycles. The highest BCUT2D eigenvalue weighted by atomic mass is 35.5. The van der Waals surface area contributed by atoms with Gasteiger partial charge in [-0.3, -0.25) is 14.4 Å². The van der Waals surface area contributed by atoms with Gasteiger partial charge in [0.05, 0.1) is 16.6 Å². The van der Waals surface area contributed by atoms with E-state index in [0.717, 1.165) is 0 Å². The molecule has 130 valence electrons. The molecule has 0 saturated carbocycles. The SMILES string of the molecule is CC(=O)Nc1cc(NC(=O)CC(C(=O)O)c2ccccc2)ccc1Cl. The van der Waals surface area contributed by atoms with E-state index in [1.54, 1.807) is 36.4 Å². The highest BCUT2D eigenvalue weighted by molar-refractivity contribution is 6.33. The molecule has 25 heavy (non-hydrogen) atoms. The number of carbonyl (C=O) groups is 3. The third kappa shape index (κ3) is 5.32.